The normalized spacial score (nSPS) is 10.4. The number of rotatable bonds is 3. The van der Waals surface area contributed by atoms with Crippen molar-refractivity contribution < 1.29 is 14.3 Å². The lowest BCUT2D eigenvalue weighted by atomic mass is 10.2. The molecule has 98 valence electrons. The summed E-state index contributed by atoms with van der Waals surface area (Å²) in [6, 6.07) is 6.02. The van der Waals surface area contributed by atoms with Gasteiger partial charge >= 0.3 is 5.97 Å². The Balaban J connectivity index is 2.42. The van der Waals surface area contributed by atoms with Gasteiger partial charge < -0.3 is 10.8 Å². The van der Waals surface area contributed by atoms with Gasteiger partial charge in [-0.3, -0.25) is 0 Å². The summed E-state index contributed by atoms with van der Waals surface area (Å²) in [5.74, 6) is -2.01. The SMILES string of the molecule is Nc1c(F)ccc(Sc2ccc(Br)cn2)c1C(=O)O. The molecule has 0 fully saturated rings. The maximum absolute atomic E-state index is 13.3. The van der Waals surface area contributed by atoms with Crippen LogP contribution in [-0.2, 0) is 0 Å². The first kappa shape index (κ1) is 13.8. The van der Waals surface area contributed by atoms with Gasteiger partial charge in [-0.05, 0) is 40.2 Å². The van der Waals surface area contributed by atoms with Gasteiger partial charge in [0.25, 0.3) is 0 Å². The van der Waals surface area contributed by atoms with Crippen LogP contribution in [0, 0.1) is 5.82 Å². The van der Waals surface area contributed by atoms with Gasteiger partial charge in [-0.1, -0.05) is 11.8 Å². The fraction of sp³-hybridized carbons (Fsp3) is 0. The highest BCUT2D eigenvalue weighted by atomic mass is 79.9. The molecule has 0 atom stereocenters. The van der Waals surface area contributed by atoms with Crippen LogP contribution in [0.4, 0.5) is 10.1 Å². The van der Waals surface area contributed by atoms with Gasteiger partial charge in [-0.2, -0.15) is 0 Å². The van der Waals surface area contributed by atoms with Crippen LogP contribution in [-0.4, -0.2) is 16.1 Å². The van der Waals surface area contributed by atoms with Gasteiger partial charge in [-0.25, -0.2) is 14.2 Å². The Bertz CT molecular complexity index is 634. The predicted molar refractivity (Wildman–Crippen MR) is 73.8 cm³/mol. The second-order valence-corrected chi connectivity index (χ2v) is 5.53. The molecule has 1 aromatic carbocycles. The lowest BCUT2D eigenvalue weighted by Crippen LogP contribution is -2.06. The van der Waals surface area contributed by atoms with Crippen LogP contribution in [0.15, 0.2) is 44.9 Å². The molecule has 0 unspecified atom stereocenters. The number of nitrogen functional groups attached to an aromatic ring is 1. The van der Waals surface area contributed by atoms with E-state index in [1.165, 1.54) is 6.07 Å². The molecule has 1 aromatic heterocycles. The first-order valence-corrected chi connectivity index (χ1v) is 6.70. The first-order valence-electron chi connectivity index (χ1n) is 5.09. The molecule has 0 spiro atoms. The van der Waals surface area contributed by atoms with E-state index in [4.69, 9.17) is 10.8 Å². The largest absolute Gasteiger partial charge is 0.478 e. The van der Waals surface area contributed by atoms with Crippen molar-refractivity contribution in [3.8, 4) is 0 Å². The molecule has 7 heteroatoms. The number of anilines is 1. The summed E-state index contributed by atoms with van der Waals surface area (Å²) in [5.41, 5.74) is 4.86. The summed E-state index contributed by atoms with van der Waals surface area (Å²) in [6.45, 7) is 0. The van der Waals surface area contributed by atoms with E-state index in [-0.39, 0.29) is 11.3 Å². The minimum absolute atomic E-state index is 0.241. The van der Waals surface area contributed by atoms with Crippen LogP contribution in [0.1, 0.15) is 10.4 Å². The van der Waals surface area contributed by atoms with Crippen molar-refractivity contribution in [1.29, 1.82) is 0 Å². The van der Waals surface area contributed by atoms with Gasteiger partial charge in [0.2, 0.25) is 0 Å². The maximum Gasteiger partial charge on any atom is 0.339 e. The third-order valence-corrected chi connectivity index (χ3v) is 3.76. The van der Waals surface area contributed by atoms with Crippen LogP contribution < -0.4 is 5.73 Å². The van der Waals surface area contributed by atoms with Crippen molar-refractivity contribution in [3.05, 3.63) is 46.3 Å². The van der Waals surface area contributed by atoms with E-state index < -0.39 is 11.8 Å². The molecular weight excluding hydrogens is 335 g/mol. The average Bonchev–Trinajstić information content (AvgIpc) is 2.36. The minimum atomic E-state index is -1.27. The number of carbonyl (C=O) groups is 1. The summed E-state index contributed by atoms with van der Waals surface area (Å²) in [5, 5.41) is 9.70. The Morgan fingerprint density at radius 2 is 2.11 bits per heavy atom. The molecule has 0 aliphatic carbocycles. The van der Waals surface area contributed by atoms with E-state index in [0.717, 1.165) is 22.3 Å². The Morgan fingerprint density at radius 1 is 1.37 bits per heavy atom. The van der Waals surface area contributed by atoms with Crippen molar-refractivity contribution in [2.24, 2.45) is 0 Å². The molecule has 0 saturated carbocycles. The van der Waals surface area contributed by atoms with E-state index in [1.54, 1.807) is 18.3 Å². The number of aromatic carboxylic acids is 1. The zero-order valence-electron chi connectivity index (χ0n) is 9.43. The van der Waals surface area contributed by atoms with E-state index in [2.05, 4.69) is 20.9 Å². The fourth-order valence-corrected chi connectivity index (χ4v) is 2.55. The van der Waals surface area contributed by atoms with Gasteiger partial charge in [0.05, 0.1) is 11.3 Å². The summed E-state index contributed by atoms with van der Waals surface area (Å²) >= 11 is 4.37. The Hall–Kier alpha value is -1.60. The predicted octanol–water partition coefficient (Wildman–Crippen LogP) is 3.41. The van der Waals surface area contributed by atoms with Crippen molar-refractivity contribution in [2.75, 3.05) is 5.73 Å². The summed E-state index contributed by atoms with van der Waals surface area (Å²) in [4.78, 5) is 15.6. The number of nitrogens with two attached hydrogens (primary N) is 1. The number of carboxylic acids is 1. The third kappa shape index (κ3) is 3.05. The van der Waals surface area contributed by atoms with E-state index in [0.29, 0.717) is 9.92 Å². The Labute approximate surface area is 121 Å². The standard InChI is InChI=1S/C12H8BrFN2O2S/c13-6-1-4-9(16-5-6)19-8-3-2-7(14)11(15)10(8)12(17)18/h1-5H,15H2,(H,17,18). The monoisotopic (exact) mass is 342 g/mol. The summed E-state index contributed by atoms with van der Waals surface area (Å²) in [6.07, 6.45) is 1.59. The number of halogens is 2. The molecule has 1 heterocycles. The smallest absolute Gasteiger partial charge is 0.339 e. The van der Waals surface area contributed by atoms with Crippen molar-refractivity contribution in [2.45, 2.75) is 9.92 Å². The molecule has 0 aliphatic heterocycles. The molecular formula is C12H8BrFN2O2S. The molecule has 2 aromatic rings. The third-order valence-electron chi connectivity index (χ3n) is 2.28. The average molecular weight is 343 g/mol. The first-order chi connectivity index (χ1) is 8.99. The molecule has 0 aliphatic rings. The number of aromatic nitrogens is 1. The summed E-state index contributed by atoms with van der Waals surface area (Å²) < 4.78 is 14.1. The van der Waals surface area contributed by atoms with Gasteiger partial charge in [0.1, 0.15) is 10.8 Å². The van der Waals surface area contributed by atoms with E-state index >= 15 is 0 Å². The number of hydrogen-bond donors (Lipinski definition) is 2. The van der Waals surface area contributed by atoms with Gasteiger partial charge in [-0.15, -0.1) is 0 Å². The number of benzene rings is 1. The van der Waals surface area contributed by atoms with Crippen molar-refractivity contribution in [1.82, 2.24) is 4.98 Å². The molecule has 0 radical (unpaired) electrons. The second kappa shape index (κ2) is 5.58. The highest BCUT2D eigenvalue weighted by Gasteiger charge is 2.18. The Kier molecular flexibility index (Phi) is 4.06. The van der Waals surface area contributed by atoms with Gasteiger partial charge in [0.15, 0.2) is 0 Å². The zero-order chi connectivity index (χ0) is 14.0. The highest BCUT2D eigenvalue weighted by Crippen LogP contribution is 2.33. The second-order valence-electron chi connectivity index (χ2n) is 3.56. The van der Waals surface area contributed by atoms with Crippen molar-refractivity contribution >= 4 is 39.3 Å². The van der Waals surface area contributed by atoms with E-state index in [1.807, 2.05) is 0 Å². The molecule has 0 bridgehead atoms. The van der Waals surface area contributed by atoms with E-state index in [9.17, 15) is 9.18 Å². The van der Waals surface area contributed by atoms with Gasteiger partial charge in [0, 0.05) is 15.6 Å². The molecule has 19 heavy (non-hydrogen) atoms. The lowest BCUT2D eigenvalue weighted by molar-refractivity contribution is 0.0694. The zero-order valence-corrected chi connectivity index (χ0v) is 11.8. The topological polar surface area (TPSA) is 76.2 Å². The van der Waals surface area contributed by atoms with Crippen LogP contribution >= 0.6 is 27.7 Å². The number of carboxylic acid groups (broad SMARTS) is 1. The number of nitrogens with zero attached hydrogens (tertiary/aromatic N) is 1. The molecule has 0 amide bonds. The van der Waals surface area contributed by atoms with Crippen molar-refractivity contribution in [3.63, 3.8) is 0 Å². The maximum atomic E-state index is 13.3. The molecule has 2 rings (SSSR count). The van der Waals surface area contributed by atoms with Crippen LogP contribution in [0.25, 0.3) is 0 Å². The summed E-state index contributed by atoms with van der Waals surface area (Å²) in [7, 11) is 0. The minimum Gasteiger partial charge on any atom is -0.478 e. The van der Waals surface area contributed by atoms with Crippen LogP contribution in [0.5, 0.6) is 0 Å². The van der Waals surface area contributed by atoms with Crippen LogP contribution in [0.3, 0.4) is 0 Å². The fourth-order valence-electron chi connectivity index (χ4n) is 1.42. The number of pyridine rings is 1. The van der Waals surface area contributed by atoms with Crippen LogP contribution in [0.2, 0.25) is 0 Å². The highest BCUT2D eigenvalue weighted by molar-refractivity contribution is 9.10. The quantitative estimate of drug-likeness (QED) is 0.836. The number of hydrogen-bond acceptors (Lipinski definition) is 4. The lowest BCUT2D eigenvalue weighted by Gasteiger charge is -2.08. The molecule has 4 nitrogen and oxygen atoms in total. The Morgan fingerprint density at radius 3 is 2.68 bits per heavy atom. The molecule has 0 saturated heterocycles. The molecule has 3 N–H and O–H groups in total.